The Bertz CT molecular complexity index is 1350. The van der Waals surface area contributed by atoms with Crippen LogP contribution in [0.2, 0.25) is 0 Å². The summed E-state index contributed by atoms with van der Waals surface area (Å²) in [5.74, 6) is 0.813. The van der Waals surface area contributed by atoms with Gasteiger partial charge >= 0.3 is 0 Å². The van der Waals surface area contributed by atoms with Crippen LogP contribution in [0, 0.1) is 12.7 Å². The SMILES string of the molecule is Cc1cc2[nH]c(-c3cccc(F)c3)nc2cc1Nc1nccc(-c2cccnc2)n1. The number of anilines is 2. The van der Waals surface area contributed by atoms with Gasteiger partial charge in [0.05, 0.1) is 16.7 Å². The smallest absolute Gasteiger partial charge is 0.227 e. The van der Waals surface area contributed by atoms with Crippen LogP contribution < -0.4 is 5.32 Å². The van der Waals surface area contributed by atoms with Gasteiger partial charge in [0.15, 0.2) is 0 Å². The minimum absolute atomic E-state index is 0.294. The van der Waals surface area contributed by atoms with Crippen molar-refractivity contribution in [2.75, 3.05) is 5.32 Å². The Morgan fingerprint density at radius 2 is 1.83 bits per heavy atom. The average molecular weight is 396 g/mol. The molecule has 0 amide bonds. The predicted molar refractivity (Wildman–Crippen MR) is 115 cm³/mol. The number of hydrogen-bond acceptors (Lipinski definition) is 5. The van der Waals surface area contributed by atoms with Crippen molar-refractivity contribution in [1.82, 2.24) is 24.9 Å². The summed E-state index contributed by atoms with van der Waals surface area (Å²) in [5, 5.41) is 3.28. The summed E-state index contributed by atoms with van der Waals surface area (Å²) in [6.07, 6.45) is 5.20. The second-order valence-corrected chi connectivity index (χ2v) is 6.91. The first kappa shape index (κ1) is 17.9. The van der Waals surface area contributed by atoms with Gasteiger partial charge in [0.25, 0.3) is 0 Å². The molecule has 0 bridgehead atoms. The van der Waals surface area contributed by atoms with E-state index in [0.29, 0.717) is 17.3 Å². The van der Waals surface area contributed by atoms with Gasteiger partial charge in [-0.2, -0.15) is 0 Å². The van der Waals surface area contributed by atoms with Crippen LogP contribution in [-0.2, 0) is 0 Å². The van der Waals surface area contributed by atoms with Gasteiger partial charge in [-0.05, 0) is 55.0 Å². The molecule has 0 aliphatic rings. The summed E-state index contributed by atoms with van der Waals surface area (Å²) in [7, 11) is 0. The number of aryl methyl sites for hydroxylation is 1. The van der Waals surface area contributed by atoms with E-state index in [1.165, 1.54) is 12.1 Å². The first-order valence-corrected chi connectivity index (χ1v) is 9.42. The topological polar surface area (TPSA) is 79.4 Å². The maximum absolute atomic E-state index is 13.6. The molecule has 5 rings (SSSR count). The Hall–Kier alpha value is -4.13. The molecule has 3 aromatic heterocycles. The molecule has 6 nitrogen and oxygen atoms in total. The van der Waals surface area contributed by atoms with Crippen LogP contribution >= 0.6 is 0 Å². The fourth-order valence-electron chi connectivity index (χ4n) is 3.29. The van der Waals surface area contributed by atoms with Gasteiger partial charge in [-0.25, -0.2) is 19.3 Å². The lowest BCUT2D eigenvalue weighted by atomic mass is 10.2. The van der Waals surface area contributed by atoms with E-state index in [1.54, 1.807) is 24.7 Å². The van der Waals surface area contributed by atoms with Gasteiger partial charge in [-0.3, -0.25) is 4.98 Å². The Labute approximate surface area is 171 Å². The number of hydrogen-bond donors (Lipinski definition) is 2. The molecule has 0 unspecified atom stereocenters. The van der Waals surface area contributed by atoms with E-state index in [0.717, 1.165) is 33.5 Å². The second kappa shape index (κ2) is 7.36. The molecule has 0 saturated heterocycles. The van der Waals surface area contributed by atoms with Gasteiger partial charge in [-0.15, -0.1) is 0 Å². The van der Waals surface area contributed by atoms with Gasteiger partial charge in [0.2, 0.25) is 5.95 Å². The average Bonchev–Trinajstić information content (AvgIpc) is 3.18. The Morgan fingerprint density at radius 1 is 0.933 bits per heavy atom. The summed E-state index contributed by atoms with van der Waals surface area (Å²) in [6.45, 7) is 2.00. The van der Waals surface area contributed by atoms with Crippen molar-refractivity contribution in [3.63, 3.8) is 0 Å². The largest absolute Gasteiger partial charge is 0.338 e. The van der Waals surface area contributed by atoms with Crippen LogP contribution in [0.5, 0.6) is 0 Å². The van der Waals surface area contributed by atoms with E-state index in [-0.39, 0.29) is 5.82 Å². The highest BCUT2D eigenvalue weighted by atomic mass is 19.1. The van der Waals surface area contributed by atoms with Crippen LogP contribution in [0.3, 0.4) is 0 Å². The molecular formula is C23H17FN6. The van der Waals surface area contributed by atoms with Crippen LogP contribution in [0.15, 0.2) is 73.2 Å². The molecule has 30 heavy (non-hydrogen) atoms. The lowest BCUT2D eigenvalue weighted by molar-refractivity contribution is 0.628. The third-order valence-corrected chi connectivity index (χ3v) is 4.79. The maximum Gasteiger partial charge on any atom is 0.227 e. The Kier molecular flexibility index (Phi) is 4.40. The van der Waals surface area contributed by atoms with Gasteiger partial charge in [-0.1, -0.05) is 12.1 Å². The standard InChI is InChI=1S/C23H17FN6/c1-14-10-20-21(28-22(27-20)15-4-2-6-17(24)11-15)12-19(14)30-23-26-9-7-18(29-23)16-5-3-8-25-13-16/h2-13H,1H3,(H,27,28)(H,26,29,30). The number of halogens is 1. The number of benzene rings is 2. The quantitative estimate of drug-likeness (QED) is 0.432. The molecule has 7 heteroatoms. The highest BCUT2D eigenvalue weighted by Gasteiger charge is 2.10. The normalized spacial score (nSPS) is 11.0. The maximum atomic E-state index is 13.6. The van der Waals surface area contributed by atoms with E-state index < -0.39 is 0 Å². The molecule has 0 saturated carbocycles. The summed E-state index contributed by atoms with van der Waals surface area (Å²) >= 11 is 0. The summed E-state index contributed by atoms with van der Waals surface area (Å²) < 4.78 is 13.6. The zero-order valence-corrected chi connectivity index (χ0v) is 16.1. The predicted octanol–water partition coefficient (Wildman–Crippen LogP) is 5.27. The number of aromatic nitrogens is 5. The molecule has 0 spiro atoms. The third kappa shape index (κ3) is 3.48. The molecule has 0 aliphatic carbocycles. The van der Waals surface area contributed by atoms with Crippen molar-refractivity contribution in [2.45, 2.75) is 6.92 Å². The molecule has 5 aromatic rings. The summed E-state index contributed by atoms with van der Waals surface area (Å²) in [5.41, 5.74) is 5.91. The van der Waals surface area contributed by atoms with Gasteiger partial charge < -0.3 is 10.3 Å². The number of rotatable bonds is 4. The summed E-state index contributed by atoms with van der Waals surface area (Å²) in [4.78, 5) is 20.9. The molecule has 0 radical (unpaired) electrons. The molecule has 0 aliphatic heterocycles. The van der Waals surface area contributed by atoms with Crippen LogP contribution in [0.25, 0.3) is 33.7 Å². The Balaban J connectivity index is 1.48. The lowest BCUT2D eigenvalue weighted by Crippen LogP contribution is -1.99. The zero-order chi connectivity index (χ0) is 20.5. The van der Waals surface area contributed by atoms with Crippen molar-refractivity contribution in [3.05, 3.63) is 84.6 Å². The molecule has 0 fully saturated rings. The van der Waals surface area contributed by atoms with E-state index in [4.69, 9.17) is 0 Å². The van der Waals surface area contributed by atoms with Gasteiger partial charge in [0.1, 0.15) is 11.6 Å². The molecule has 146 valence electrons. The van der Waals surface area contributed by atoms with Crippen LogP contribution in [0.1, 0.15) is 5.56 Å². The van der Waals surface area contributed by atoms with Gasteiger partial charge in [0, 0.05) is 35.4 Å². The highest BCUT2D eigenvalue weighted by Crippen LogP contribution is 2.27. The highest BCUT2D eigenvalue weighted by molar-refractivity contribution is 5.85. The van der Waals surface area contributed by atoms with Crippen molar-refractivity contribution in [2.24, 2.45) is 0 Å². The minimum atomic E-state index is -0.294. The number of aromatic amines is 1. The van der Waals surface area contributed by atoms with Crippen molar-refractivity contribution < 1.29 is 4.39 Å². The third-order valence-electron chi connectivity index (χ3n) is 4.79. The minimum Gasteiger partial charge on any atom is -0.338 e. The second-order valence-electron chi connectivity index (χ2n) is 6.91. The van der Waals surface area contributed by atoms with Crippen LogP contribution in [0.4, 0.5) is 16.0 Å². The molecular weight excluding hydrogens is 379 g/mol. The molecule has 3 heterocycles. The lowest BCUT2D eigenvalue weighted by Gasteiger charge is -2.09. The van der Waals surface area contributed by atoms with Crippen molar-refractivity contribution in [3.8, 4) is 22.6 Å². The number of pyridine rings is 1. The van der Waals surface area contributed by atoms with Crippen molar-refractivity contribution in [1.29, 1.82) is 0 Å². The first-order valence-electron chi connectivity index (χ1n) is 9.42. The molecule has 0 atom stereocenters. The number of nitrogens with one attached hydrogen (secondary N) is 2. The van der Waals surface area contributed by atoms with E-state index in [2.05, 4.69) is 30.2 Å². The van der Waals surface area contributed by atoms with Crippen molar-refractivity contribution >= 4 is 22.7 Å². The Morgan fingerprint density at radius 3 is 2.67 bits per heavy atom. The number of nitrogens with zero attached hydrogens (tertiary/aromatic N) is 4. The molecule has 2 aromatic carbocycles. The van der Waals surface area contributed by atoms with Crippen LogP contribution in [-0.4, -0.2) is 24.9 Å². The number of fused-ring (bicyclic) bond motifs is 1. The van der Waals surface area contributed by atoms with E-state index in [9.17, 15) is 4.39 Å². The fourth-order valence-corrected chi connectivity index (χ4v) is 3.29. The van der Waals surface area contributed by atoms with E-state index >= 15 is 0 Å². The molecule has 2 N–H and O–H groups in total. The fraction of sp³-hybridized carbons (Fsp3) is 0.0435. The number of H-pyrrole nitrogens is 1. The summed E-state index contributed by atoms with van der Waals surface area (Å²) in [6, 6.07) is 16.0. The zero-order valence-electron chi connectivity index (χ0n) is 16.1. The number of imidazole rings is 1. The monoisotopic (exact) mass is 396 g/mol. The van der Waals surface area contributed by atoms with E-state index in [1.807, 2.05) is 43.3 Å². The first-order chi connectivity index (χ1) is 14.7.